The van der Waals surface area contributed by atoms with Crippen molar-refractivity contribution in [2.75, 3.05) is 13.7 Å². The van der Waals surface area contributed by atoms with Crippen LogP contribution in [0.2, 0.25) is 0 Å². The molecule has 0 amide bonds. The quantitative estimate of drug-likeness (QED) is 0.444. The molecule has 0 aliphatic heterocycles. The first kappa shape index (κ1) is 9.39. The molecule has 0 spiro atoms. The number of hydrogen-bond acceptors (Lipinski definition) is 4. The molecule has 2 N–H and O–H groups in total. The van der Waals surface area contributed by atoms with Gasteiger partial charge in [-0.25, -0.2) is 4.79 Å². The second kappa shape index (κ2) is 5.20. The Morgan fingerprint density at radius 2 is 2.30 bits per heavy atom. The van der Waals surface area contributed by atoms with E-state index in [0.29, 0.717) is 6.61 Å². The summed E-state index contributed by atoms with van der Waals surface area (Å²) >= 11 is 0. The lowest BCUT2D eigenvalue weighted by Gasteiger charge is -2.08. The van der Waals surface area contributed by atoms with Gasteiger partial charge in [-0.15, -0.1) is 0 Å². The van der Waals surface area contributed by atoms with E-state index in [4.69, 9.17) is 10.5 Å². The number of esters is 1. The summed E-state index contributed by atoms with van der Waals surface area (Å²) in [5.41, 5.74) is 5.22. The summed E-state index contributed by atoms with van der Waals surface area (Å²) < 4.78 is 9.17. The first-order chi connectivity index (χ1) is 4.72. The number of ether oxygens (including phenoxy) is 2. The van der Waals surface area contributed by atoms with Gasteiger partial charge in [-0.3, -0.25) is 5.73 Å². The minimum absolute atomic E-state index is 0.482. The van der Waals surface area contributed by atoms with Gasteiger partial charge in [0.2, 0.25) is 6.23 Å². The molecule has 0 saturated heterocycles. The molecule has 4 nitrogen and oxygen atoms in total. The molecule has 60 valence electrons. The number of nitrogens with two attached hydrogens (primary N) is 1. The summed E-state index contributed by atoms with van der Waals surface area (Å²) in [4.78, 5) is 10.5. The van der Waals surface area contributed by atoms with Crippen LogP contribution in [0.1, 0.15) is 13.3 Å². The van der Waals surface area contributed by atoms with Crippen LogP contribution >= 0.6 is 0 Å². The van der Waals surface area contributed by atoms with Crippen LogP contribution in [0.15, 0.2) is 0 Å². The van der Waals surface area contributed by atoms with E-state index < -0.39 is 12.2 Å². The molecule has 0 aromatic carbocycles. The molecule has 0 aromatic rings. The van der Waals surface area contributed by atoms with Gasteiger partial charge in [0.05, 0.1) is 7.11 Å². The first-order valence-electron chi connectivity index (χ1n) is 3.17. The van der Waals surface area contributed by atoms with E-state index in [-0.39, 0.29) is 0 Å². The fourth-order valence-corrected chi connectivity index (χ4v) is 0.429. The molecule has 0 aromatic heterocycles. The van der Waals surface area contributed by atoms with Gasteiger partial charge >= 0.3 is 5.97 Å². The third kappa shape index (κ3) is 3.42. The molecular weight excluding hydrogens is 134 g/mol. The monoisotopic (exact) mass is 147 g/mol. The van der Waals surface area contributed by atoms with Crippen molar-refractivity contribution in [3.63, 3.8) is 0 Å². The van der Waals surface area contributed by atoms with E-state index in [0.717, 1.165) is 6.42 Å². The first-order valence-corrected chi connectivity index (χ1v) is 3.17. The Balaban J connectivity index is 3.41. The Bertz CT molecular complexity index is 105. The number of carbonyl (C=O) groups excluding carboxylic acids is 1. The molecule has 0 fully saturated rings. The standard InChI is InChI=1S/C6H13NO3/c1-3-4-10-5(7)6(8)9-2/h5H,3-4,7H2,1-2H3. The lowest BCUT2D eigenvalue weighted by Crippen LogP contribution is -2.34. The fourth-order valence-electron chi connectivity index (χ4n) is 0.429. The third-order valence-corrected chi connectivity index (χ3v) is 0.935. The van der Waals surface area contributed by atoms with Crippen LogP contribution in [0.4, 0.5) is 0 Å². The average Bonchev–Trinajstić information content (AvgIpc) is 1.98. The van der Waals surface area contributed by atoms with Crippen molar-refractivity contribution in [3.05, 3.63) is 0 Å². The van der Waals surface area contributed by atoms with Crippen LogP contribution in [-0.4, -0.2) is 25.9 Å². The van der Waals surface area contributed by atoms with Crippen molar-refractivity contribution in [2.45, 2.75) is 19.6 Å². The second-order valence-corrected chi connectivity index (χ2v) is 1.81. The summed E-state index contributed by atoms with van der Waals surface area (Å²) in [6, 6.07) is 0. The zero-order chi connectivity index (χ0) is 7.98. The highest BCUT2D eigenvalue weighted by atomic mass is 16.6. The molecule has 0 rings (SSSR count). The van der Waals surface area contributed by atoms with Crippen molar-refractivity contribution in [3.8, 4) is 0 Å². The zero-order valence-electron chi connectivity index (χ0n) is 6.29. The maximum Gasteiger partial charge on any atom is 0.350 e. The van der Waals surface area contributed by atoms with Gasteiger partial charge in [0.1, 0.15) is 0 Å². The largest absolute Gasteiger partial charge is 0.466 e. The van der Waals surface area contributed by atoms with E-state index in [2.05, 4.69) is 4.74 Å². The van der Waals surface area contributed by atoms with Gasteiger partial charge < -0.3 is 9.47 Å². The average molecular weight is 147 g/mol. The second-order valence-electron chi connectivity index (χ2n) is 1.81. The van der Waals surface area contributed by atoms with Crippen LogP contribution in [0.5, 0.6) is 0 Å². The van der Waals surface area contributed by atoms with Crippen LogP contribution < -0.4 is 5.73 Å². The van der Waals surface area contributed by atoms with Crippen LogP contribution in [0.25, 0.3) is 0 Å². The molecular formula is C6H13NO3. The molecule has 0 saturated carbocycles. The molecule has 0 bridgehead atoms. The highest BCUT2D eigenvalue weighted by molar-refractivity contribution is 5.73. The summed E-state index contributed by atoms with van der Waals surface area (Å²) in [6.07, 6.45) is -0.0880. The van der Waals surface area contributed by atoms with Crippen molar-refractivity contribution >= 4 is 5.97 Å². The Hall–Kier alpha value is -0.610. The van der Waals surface area contributed by atoms with Gasteiger partial charge in [-0.1, -0.05) is 6.92 Å². The Labute approximate surface area is 60.3 Å². The zero-order valence-corrected chi connectivity index (χ0v) is 6.29. The number of methoxy groups -OCH3 is 1. The Morgan fingerprint density at radius 1 is 1.70 bits per heavy atom. The molecule has 0 heterocycles. The van der Waals surface area contributed by atoms with Gasteiger partial charge in [-0.05, 0) is 6.42 Å². The minimum Gasteiger partial charge on any atom is -0.466 e. The molecule has 10 heavy (non-hydrogen) atoms. The molecule has 0 radical (unpaired) electrons. The van der Waals surface area contributed by atoms with E-state index in [1.165, 1.54) is 7.11 Å². The normalized spacial score (nSPS) is 12.7. The minimum atomic E-state index is -0.926. The Morgan fingerprint density at radius 3 is 2.70 bits per heavy atom. The Kier molecular flexibility index (Phi) is 4.88. The number of hydrogen-bond donors (Lipinski definition) is 1. The van der Waals surface area contributed by atoms with Crippen LogP contribution in [0.3, 0.4) is 0 Å². The predicted octanol–water partition coefficient (Wildman–Crippen LogP) is -0.129. The lowest BCUT2D eigenvalue weighted by molar-refractivity contribution is -0.153. The maximum absolute atomic E-state index is 10.5. The van der Waals surface area contributed by atoms with E-state index >= 15 is 0 Å². The van der Waals surface area contributed by atoms with Gasteiger partial charge in [0.25, 0.3) is 0 Å². The number of carbonyl (C=O) groups is 1. The molecule has 0 aliphatic carbocycles. The smallest absolute Gasteiger partial charge is 0.350 e. The van der Waals surface area contributed by atoms with E-state index in [9.17, 15) is 4.79 Å². The molecule has 4 heteroatoms. The van der Waals surface area contributed by atoms with E-state index in [1.54, 1.807) is 0 Å². The third-order valence-electron chi connectivity index (χ3n) is 0.935. The maximum atomic E-state index is 10.5. The number of rotatable bonds is 4. The van der Waals surface area contributed by atoms with Gasteiger partial charge in [-0.2, -0.15) is 0 Å². The van der Waals surface area contributed by atoms with Gasteiger partial charge in [0, 0.05) is 6.61 Å². The molecule has 1 unspecified atom stereocenters. The highest BCUT2D eigenvalue weighted by Crippen LogP contribution is 1.88. The van der Waals surface area contributed by atoms with Crippen molar-refractivity contribution < 1.29 is 14.3 Å². The fraction of sp³-hybridized carbons (Fsp3) is 0.833. The van der Waals surface area contributed by atoms with Crippen LogP contribution in [-0.2, 0) is 14.3 Å². The van der Waals surface area contributed by atoms with Crippen molar-refractivity contribution in [2.24, 2.45) is 5.73 Å². The van der Waals surface area contributed by atoms with Crippen molar-refractivity contribution in [1.29, 1.82) is 0 Å². The summed E-state index contributed by atoms with van der Waals surface area (Å²) in [7, 11) is 1.28. The molecule has 1 atom stereocenters. The van der Waals surface area contributed by atoms with Crippen LogP contribution in [0, 0.1) is 0 Å². The lowest BCUT2D eigenvalue weighted by atomic mass is 10.5. The van der Waals surface area contributed by atoms with Crippen molar-refractivity contribution in [1.82, 2.24) is 0 Å². The molecule has 0 aliphatic rings. The highest BCUT2D eigenvalue weighted by Gasteiger charge is 2.12. The van der Waals surface area contributed by atoms with Gasteiger partial charge in [0.15, 0.2) is 0 Å². The summed E-state index contributed by atoms with van der Waals surface area (Å²) in [5, 5.41) is 0. The van der Waals surface area contributed by atoms with E-state index in [1.807, 2.05) is 6.92 Å². The summed E-state index contributed by atoms with van der Waals surface area (Å²) in [6.45, 7) is 2.42. The topological polar surface area (TPSA) is 61.5 Å². The summed E-state index contributed by atoms with van der Waals surface area (Å²) in [5.74, 6) is -0.534. The SMILES string of the molecule is CCCOC(N)C(=O)OC. The predicted molar refractivity (Wildman–Crippen MR) is 36.2 cm³/mol.